The maximum absolute atomic E-state index is 12.7. The molecule has 0 saturated heterocycles. The summed E-state index contributed by atoms with van der Waals surface area (Å²) in [4.78, 5) is 18.8. The summed E-state index contributed by atoms with van der Waals surface area (Å²) in [6.07, 6.45) is 4.49. The molecule has 0 aliphatic heterocycles. The average Bonchev–Trinajstić information content (AvgIpc) is 2.81. The van der Waals surface area contributed by atoms with Gasteiger partial charge in [0.25, 0.3) is 5.91 Å². The summed E-state index contributed by atoms with van der Waals surface area (Å²) in [5, 5.41) is 4.35. The molecule has 0 N–H and O–H groups in total. The first-order chi connectivity index (χ1) is 10.1. The summed E-state index contributed by atoms with van der Waals surface area (Å²) in [5.74, 6) is 2.18. The van der Waals surface area contributed by atoms with E-state index in [1.165, 1.54) is 0 Å². The van der Waals surface area contributed by atoms with E-state index in [9.17, 15) is 4.79 Å². The average molecular weight is 306 g/mol. The van der Waals surface area contributed by atoms with E-state index in [4.69, 9.17) is 0 Å². The molecule has 0 bridgehead atoms. The number of fused-ring (bicyclic) bond motifs is 1. The van der Waals surface area contributed by atoms with E-state index < -0.39 is 0 Å². The molecule has 0 radical (unpaired) electrons. The highest BCUT2D eigenvalue weighted by molar-refractivity contribution is 7.99. The molecule has 2 aromatic rings. The molecule has 21 heavy (non-hydrogen) atoms. The van der Waals surface area contributed by atoms with Gasteiger partial charge in [-0.2, -0.15) is 16.9 Å². The van der Waals surface area contributed by atoms with Crippen molar-refractivity contribution in [3.05, 3.63) is 29.7 Å². The fourth-order valence-corrected chi connectivity index (χ4v) is 3.01. The van der Waals surface area contributed by atoms with E-state index in [1.807, 2.05) is 38.0 Å². The molecule has 2 aromatic heterocycles. The molecule has 6 heteroatoms. The molecule has 0 fully saturated rings. The third-order valence-electron chi connectivity index (χ3n) is 3.65. The van der Waals surface area contributed by atoms with E-state index in [1.54, 1.807) is 15.6 Å². The zero-order valence-corrected chi connectivity index (χ0v) is 13.9. The highest BCUT2D eigenvalue weighted by Crippen LogP contribution is 2.17. The van der Waals surface area contributed by atoms with Crippen LogP contribution >= 0.6 is 11.8 Å². The SMILES string of the molecule is CCSCC[C@@H](C)N(C)C(=O)c1c(C)nn2cccnc12. The number of hydrogen-bond donors (Lipinski definition) is 0. The van der Waals surface area contributed by atoms with Crippen LogP contribution in [0.1, 0.15) is 36.3 Å². The van der Waals surface area contributed by atoms with Crippen molar-refractivity contribution in [1.29, 1.82) is 0 Å². The van der Waals surface area contributed by atoms with Crippen LogP contribution in [0.5, 0.6) is 0 Å². The molecule has 5 nitrogen and oxygen atoms in total. The van der Waals surface area contributed by atoms with Crippen LogP contribution in [0.25, 0.3) is 5.65 Å². The molecule has 0 aliphatic rings. The van der Waals surface area contributed by atoms with Crippen molar-refractivity contribution in [3.8, 4) is 0 Å². The van der Waals surface area contributed by atoms with Crippen molar-refractivity contribution >= 4 is 23.3 Å². The van der Waals surface area contributed by atoms with Gasteiger partial charge in [-0.25, -0.2) is 9.50 Å². The second-order valence-corrected chi connectivity index (χ2v) is 6.49. The van der Waals surface area contributed by atoms with Gasteiger partial charge in [0.15, 0.2) is 5.65 Å². The predicted octanol–water partition coefficient (Wildman–Crippen LogP) is 2.64. The zero-order valence-electron chi connectivity index (χ0n) is 13.0. The standard InChI is InChI=1S/C15H22N4OS/c1-5-21-10-7-11(2)18(4)15(20)13-12(3)17-19-9-6-8-16-14(13)19/h6,8-9,11H,5,7,10H2,1-4H3/t11-/m1/s1. The van der Waals surface area contributed by atoms with Crippen LogP contribution in [-0.4, -0.2) is 50.0 Å². The molecular formula is C15H22N4OS. The predicted molar refractivity (Wildman–Crippen MR) is 86.9 cm³/mol. The highest BCUT2D eigenvalue weighted by Gasteiger charge is 2.24. The zero-order chi connectivity index (χ0) is 15.4. The van der Waals surface area contributed by atoms with Crippen molar-refractivity contribution in [2.75, 3.05) is 18.6 Å². The Hall–Kier alpha value is -1.56. The Morgan fingerprint density at radius 2 is 2.29 bits per heavy atom. The van der Waals surface area contributed by atoms with Crippen LogP contribution in [0.15, 0.2) is 18.5 Å². The second-order valence-electron chi connectivity index (χ2n) is 5.10. The van der Waals surface area contributed by atoms with Gasteiger partial charge in [0.05, 0.1) is 5.69 Å². The van der Waals surface area contributed by atoms with Gasteiger partial charge in [0, 0.05) is 25.5 Å². The van der Waals surface area contributed by atoms with Crippen LogP contribution < -0.4 is 0 Å². The number of thioether (sulfide) groups is 1. The molecule has 114 valence electrons. The smallest absolute Gasteiger partial charge is 0.259 e. The lowest BCUT2D eigenvalue weighted by Gasteiger charge is -2.24. The number of nitrogens with zero attached hydrogens (tertiary/aromatic N) is 4. The summed E-state index contributed by atoms with van der Waals surface area (Å²) < 4.78 is 1.66. The Labute approximate surface area is 129 Å². The normalized spacial score (nSPS) is 12.6. The first kappa shape index (κ1) is 15.8. The minimum absolute atomic E-state index is 0.00445. The summed E-state index contributed by atoms with van der Waals surface area (Å²) in [7, 11) is 1.86. The van der Waals surface area contributed by atoms with Gasteiger partial charge in [-0.1, -0.05) is 6.92 Å². The number of rotatable bonds is 6. The van der Waals surface area contributed by atoms with Gasteiger partial charge in [-0.3, -0.25) is 4.79 Å². The van der Waals surface area contributed by atoms with Crippen LogP contribution in [0.3, 0.4) is 0 Å². The first-order valence-corrected chi connectivity index (χ1v) is 8.36. The number of carbonyl (C=O) groups excluding carboxylic acids is 1. The molecule has 0 aliphatic carbocycles. The molecule has 0 spiro atoms. The quantitative estimate of drug-likeness (QED) is 0.770. The lowest BCUT2D eigenvalue weighted by molar-refractivity contribution is 0.0742. The number of hydrogen-bond acceptors (Lipinski definition) is 4. The minimum Gasteiger partial charge on any atom is -0.339 e. The highest BCUT2D eigenvalue weighted by atomic mass is 32.2. The molecule has 0 saturated carbocycles. The summed E-state index contributed by atoms with van der Waals surface area (Å²) in [6, 6.07) is 2.01. The molecule has 1 atom stereocenters. The first-order valence-electron chi connectivity index (χ1n) is 7.21. The van der Waals surface area contributed by atoms with E-state index >= 15 is 0 Å². The summed E-state index contributed by atoms with van der Waals surface area (Å²) in [6.45, 7) is 6.09. The Bertz CT molecular complexity index is 625. The van der Waals surface area contributed by atoms with Crippen molar-refractivity contribution in [3.63, 3.8) is 0 Å². The van der Waals surface area contributed by atoms with E-state index in [0.29, 0.717) is 11.2 Å². The van der Waals surface area contributed by atoms with Crippen LogP contribution in [0.2, 0.25) is 0 Å². The second kappa shape index (κ2) is 6.93. The third kappa shape index (κ3) is 3.37. The van der Waals surface area contributed by atoms with Gasteiger partial charge in [0.2, 0.25) is 0 Å². The Morgan fingerprint density at radius 3 is 3.00 bits per heavy atom. The number of aromatic nitrogens is 3. The molecular weight excluding hydrogens is 284 g/mol. The fourth-order valence-electron chi connectivity index (χ4n) is 2.22. The van der Waals surface area contributed by atoms with Gasteiger partial charge < -0.3 is 4.90 Å². The minimum atomic E-state index is -0.00445. The molecule has 1 amide bonds. The van der Waals surface area contributed by atoms with Crippen molar-refractivity contribution in [1.82, 2.24) is 19.5 Å². The third-order valence-corrected chi connectivity index (χ3v) is 4.58. The number of amides is 1. The Kier molecular flexibility index (Phi) is 5.22. The lowest BCUT2D eigenvalue weighted by atomic mass is 10.1. The fraction of sp³-hybridized carbons (Fsp3) is 0.533. The maximum Gasteiger partial charge on any atom is 0.259 e. The van der Waals surface area contributed by atoms with Crippen molar-refractivity contribution < 1.29 is 4.79 Å². The monoisotopic (exact) mass is 306 g/mol. The summed E-state index contributed by atoms with van der Waals surface area (Å²) in [5.41, 5.74) is 1.95. The van der Waals surface area contributed by atoms with Crippen molar-refractivity contribution in [2.45, 2.75) is 33.2 Å². The van der Waals surface area contributed by atoms with Crippen LogP contribution in [0, 0.1) is 6.92 Å². The van der Waals surface area contributed by atoms with Gasteiger partial charge >= 0.3 is 0 Å². The van der Waals surface area contributed by atoms with Gasteiger partial charge in [0.1, 0.15) is 5.56 Å². The molecule has 0 unspecified atom stereocenters. The topological polar surface area (TPSA) is 50.5 Å². The van der Waals surface area contributed by atoms with E-state index in [0.717, 1.165) is 23.6 Å². The molecule has 2 rings (SSSR count). The van der Waals surface area contributed by atoms with Gasteiger partial charge in [-0.15, -0.1) is 0 Å². The van der Waals surface area contributed by atoms with E-state index in [2.05, 4.69) is 23.9 Å². The van der Waals surface area contributed by atoms with E-state index in [-0.39, 0.29) is 11.9 Å². The Balaban J connectivity index is 2.19. The lowest BCUT2D eigenvalue weighted by Crippen LogP contribution is -2.35. The Morgan fingerprint density at radius 1 is 1.52 bits per heavy atom. The number of aryl methyl sites for hydroxylation is 1. The molecule has 0 aromatic carbocycles. The largest absolute Gasteiger partial charge is 0.339 e. The van der Waals surface area contributed by atoms with Crippen LogP contribution in [-0.2, 0) is 0 Å². The van der Waals surface area contributed by atoms with Gasteiger partial charge in [-0.05, 0) is 37.8 Å². The summed E-state index contributed by atoms with van der Waals surface area (Å²) >= 11 is 1.90. The maximum atomic E-state index is 12.7. The number of carbonyl (C=O) groups is 1. The van der Waals surface area contributed by atoms with Crippen molar-refractivity contribution in [2.24, 2.45) is 0 Å². The molecule has 2 heterocycles. The van der Waals surface area contributed by atoms with Crippen LogP contribution in [0.4, 0.5) is 0 Å².